The molecule has 3 amide bonds. The van der Waals surface area contributed by atoms with Gasteiger partial charge in [-0.1, -0.05) is 48.2 Å². The number of ether oxygens (including phenoxy) is 1. The van der Waals surface area contributed by atoms with E-state index in [1.54, 1.807) is 25.3 Å². The number of nitrogens with zero attached hydrogens (tertiary/aromatic N) is 2. The van der Waals surface area contributed by atoms with Crippen LogP contribution in [0.25, 0.3) is 5.57 Å². The van der Waals surface area contributed by atoms with Crippen LogP contribution >= 0.6 is 24.0 Å². The maximum Gasteiger partial charge on any atom is 0.267 e. The van der Waals surface area contributed by atoms with Crippen LogP contribution in [0.2, 0.25) is 0 Å². The second kappa shape index (κ2) is 10.1. The third-order valence-electron chi connectivity index (χ3n) is 5.82. The van der Waals surface area contributed by atoms with E-state index < -0.39 is 0 Å². The van der Waals surface area contributed by atoms with Gasteiger partial charge in [-0.3, -0.25) is 24.2 Å². The molecule has 7 nitrogen and oxygen atoms in total. The number of carbonyl (C=O) groups is 3. The van der Waals surface area contributed by atoms with Crippen LogP contribution in [-0.4, -0.2) is 53.7 Å². The molecule has 0 aromatic heterocycles. The topological polar surface area (TPSA) is 79.0 Å². The van der Waals surface area contributed by atoms with E-state index in [1.165, 1.54) is 9.80 Å². The van der Waals surface area contributed by atoms with Gasteiger partial charge in [0.05, 0.1) is 16.2 Å². The van der Waals surface area contributed by atoms with Crippen molar-refractivity contribution in [3.8, 4) is 0 Å². The van der Waals surface area contributed by atoms with Crippen LogP contribution < -0.4 is 10.2 Å². The van der Waals surface area contributed by atoms with Gasteiger partial charge < -0.3 is 10.1 Å². The summed E-state index contributed by atoms with van der Waals surface area (Å²) in [5, 5.41) is 2.86. The monoisotopic (exact) mass is 495 g/mol. The molecule has 2 aromatic rings. The van der Waals surface area contributed by atoms with E-state index in [2.05, 4.69) is 5.32 Å². The average molecular weight is 496 g/mol. The maximum absolute atomic E-state index is 13.5. The summed E-state index contributed by atoms with van der Waals surface area (Å²) in [6.07, 6.45) is 0.640. The van der Waals surface area contributed by atoms with E-state index in [1.807, 2.05) is 38.1 Å². The number of methoxy groups -OCH3 is 1. The van der Waals surface area contributed by atoms with Crippen molar-refractivity contribution in [3.05, 3.63) is 64.1 Å². The van der Waals surface area contributed by atoms with Crippen molar-refractivity contribution >= 4 is 63.0 Å². The highest BCUT2D eigenvalue weighted by atomic mass is 32.2. The molecule has 1 saturated heterocycles. The van der Waals surface area contributed by atoms with E-state index >= 15 is 0 Å². The van der Waals surface area contributed by atoms with E-state index in [4.69, 9.17) is 17.0 Å². The maximum atomic E-state index is 13.5. The van der Waals surface area contributed by atoms with Gasteiger partial charge in [0, 0.05) is 31.5 Å². The second-order valence-corrected chi connectivity index (χ2v) is 9.78. The minimum atomic E-state index is -0.381. The highest BCUT2D eigenvalue weighted by molar-refractivity contribution is 8.26. The first-order valence-corrected chi connectivity index (χ1v) is 12.1. The SMILES string of the molecule is COCCCN1C(=O)/C(=C2/C(=O)N(CC(=O)Nc3ccc(C)c(C)c3)c3ccccc32)SC1=S. The zero-order chi connectivity index (χ0) is 24.4. The number of amides is 3. The molecule has 176 valence electrons. The number of nitrogens with one attached hydrogen (secondary N) is 1. The molecule has 34 heavy (non-hydrogen) atoms. The van der Waals surface area contributed by atoms with Crippen LogP contribution in [0, 0.1) is 13.8 Å². The molecule has 9 heteroatoms. The lowest BCUT2D eigenvalue weighted by Gasteiger charge is -2.17. The van der Waals surface area contributed by atoms with Gasteiger partial charge in [-0.05, 0) is 49.6 Å². The van der Waals surface area contributed by atoms with Crippen LogP contribution in [0.5, 0.6) is 0 Å². The highest BCUT2D eigenvalue weighted by Crippen LogP contribution is 2.44. The fraction of sp³-hybridized carbons (Fsp3) is 0.280. The molecule has 0 atom stereocenters. The Labute approximate surface area is 208 Å². The van der Waals surface area contributed by atoms with Gasteiger partial charge in [-0.2, -0.15) is 0 Å². The Bertz CT molecular complexity index is 1220. The van der Waals surface area contributed by atoms with Crippen molar-refractivity contribution in [2.24, 2.45) is 0 Å². The quantitative estimate of drug-likeness (QED) is 0.357. The summed E-state index contributed by atoms with van der Waals surface area (Å²) in [4.78, 5) is 42.7. The number of thiocarbonyl (C=S) groups is 1. The summed E-state index contributed by atoms with van der Waals surface area (Å²) in [6, 6.07) is 12.9. The molecule has 0 unspecified atom stereocenters. The minimum Gasteiger partial charge on any atom is -0.385 e. The fourth-order valence-electron chi connectivity index (χ4n) is 3.93. The number of rotatable bonds is 7. The summed E-state index contributed by atoms with van der Waals surface area (Å²) in [6.45, 7) is 4.74. The molecule has 0 aliphatic carbocycles. The molecule has 2 aromatic carbocycles. The molecule has 2 aliphatic rings. The first-order chi connectivity index (χ1) is 16.3. The first-order valence-electron chi connectivity index (χ1n) is 10.9. The molecule has 1 N–H and O–H groups in total. The fourth-order valence-corrected chi connectivity index (χ4v) is 5.31. The van der Waals surface area contributed by atoms with Gasteiger partial charge >= 0.3 is 0 Å². The van der Waals surface area contributed by atoms with E-state index in [0.717, 1.165) is 22.9 Å². The van der Waals surface area contributed by atoms with Gasteiger partial charge in [0.15, 0.2) is 0 Å². The molecule has 2 aliphatic heterocycles. The molecule has 1 fully saturated rings. The first kappa shape index (κ1) is 24.1. The predicted octanol–water partition coefficient (Wildman–Crippen LogP) is 3.90. The van der Waals surface area contributed by atoms with Crippen molar-refractivity contribution < 1.29 is 19.1 Å². The van der Waals surface area contributed by atoms with Crippen LogP contribution in [0.4, 0.5) is 11.4 Å². The van der Waals surface area contributed by atoms with E-state index in [9.17, 15) is 14.4 Å². The molecular weight excluding hydrogens is 470 g/mol. The number of carbonyl (C=O) groups excluding carboxylic acids is 3. The highest BCUT2D eigenvalue weighted by Gasteiger charge is 2.42. The number of aryl methyl sites for hydroxylation is 2. The summed E-state index contributed by atoms with van der Waals surface area (Å²) in [5.74, 6) is -0.987. The van der Waals surface area contributed by atoms with Gasteiger partial charge in [0.2, 0.25) is 5.91 Å². The van der Waals surface area contributed by atoms with Gasteiger partial charge in [-0.15, -0.1) is 0 Å². The Morgan fingerprint density at radius 2 is 1.82 bits per heavy atom. The summed E-state index contributed by atoms with van der Waals surface area (Å²) in [7, 11) is 1.60. The standard InChI is InChI=1S/C25H25N3O4S2/c1-15-9-10-17(13-16(15)2)26-20(29)14-28-19-8-5-4-7-18(19)21(23(28)30)22-24(31)27(25(33)34-22)11-6-12-32-3/h4-5,7-10,13H,6,11-12,14H2,1-3H3,(H,26,29)/b22-21-. The number of para-hydroxylation sites is 1. The smallest absolute Gasteiger partial charge is 0.267 e. The predicted molar refractivity (Wildman–Crippen MR) is 139 cm³/mol. The number of anilines is 2. The average Bonchev–Trinajstić information content (AvgIpc) is 3.24. The van der Waals surface area contributed by atoms with Gasteiger partial charge in [-0.25, -0.2) is 0 Å². The number of hydrogen-bond acceptors (Lipinski definition) is 6. The molecule has 4 rings (SSSR count). The number of fused-ring (bicyclic) bond motifs is 1. The third-order valence-corrected chi connectivity index (χ3v) is 7.27. The molecule has 0 radical (unpaired) electrons. The van der Waals surface area contributed by atoms with Crippen LogP contribution in [0.3, 0.4) is 0 Å². The Hall–Kier alpha value is -3.01. The lowest BCUT2D eigenvalue weighted by atomic mass is 10.1. The molecule has 0 spiro atoms. The Balaban J connectivity index is 1.59. The van der Waals surface area contributed by atoms with Crippen LogP contribution in [0.15, 0.2) is 47.4 Å². The number of thioether (sulfide) groups is 1. The zero-order valence-electron chi connectivity index (χ0n) is 19.2. The van der Waals surface area contributed by atoms with E-state index in [0.29, 0.717) is 51.3 Å². The number of hydrogen-bond donors (Lipinski definition) is 1. The summed E-state index contributed by atoms with van der Waals surface area (Å²) >= 11 is 6.54. The number of benzene rings is 2. The lowest BCUT2D eigenvalue weighted by Crippen LogP contribution is -2.35. The van der Waals surface area contributed by atoms with Gasteiger partial charge in [0.25, 0.3) is 11.8 Å². The largest absolute Gasteiger partial charge is 0.385 e. The van der Waals surface area contributed by atoms with Crippen molar-refractivity contribution in [2.75, 3.05) is 37.0 Å². The molecule has 2 heterocycles. The zero-order valence-corrected chi connectivity index (χ0v) is 20.8. The normalized spacial score (nSPS) is 17.6. The van der Waals surface area contributed by atoms with Crippen molar-refractivity contribution in [1.82, 2.24) is 4.90 Å². The van der Waals surface area contributed by atoms with Crippen molar-refractivity contribution in [1.29, 1.82) is 0 Å². The third kappa shape index (κ3) is 4.64. The molecular formula is C25H25N3O4S2. The Morgan fingerprint density at radius 3 is 2.56 bits per heavy atom. The van der Waals surface area contributed by atoms with E-state index in [-0.39, 0.29) is 24.3 Å². The summed E-state index contributed by atoms with van der Waals surface area (Å²) in [5.41, 5.74) is 4.39. The Kier molecular flexibility index (Phi) is 7.16. The van der Waals surface area contributed by atoms with Crippen LogP contribution in [0.1, 0.15) is 23.1 Å². The van der Waals surface area contributed by atoms with Crippen LogP contribution in [-0.2, 0) is 19.1 Å². The molecule has 0 bridgehead atoms. The second-order valence-electron chi connectivity index (χ2n) is 8.13. The minimum absolute atomic E-state index is 0.166. The molecule has 0 saturated carbocycles. The Morgan fingerprint density at radius 1 is 1.06 bits per heavy atom. The lowest BCUT2D eigenvalue weighted by molar-refractivity contribution is -0.122. The van der Waals surface area contributed by atoms with Gasteiger partial charge in [0.1, 0.15) is 10.9 Å². The van der Waals surface area contributed by atoms with Crippen molar-refractivity contribution in [2.45, 2.75) is 20.3 Å². The van der Waals surface area contributed by atoms with Crippen molar-refractivity contribution in [3.63, 3.8) is 0 Å². The summed E-state index contributed by atoms with van der Waals surface area (Å²) < 4.78 is 5.49.